The van der Waals surface area contributed by atoms with Gasteiger partial charge in [0.05, 0.1) is 19.7 Å². The van der Waals surface area contributed by atoms with Gasteiger partial charge in [-0.3, -0.25) is 4.79 Å². The van der Waals surface area contributed by atoms with E-state index >= 15 is 0 Å². The Morgan fingerprint density at radius 3 is 3.05 bits per heavy atom. The first-order valence-corrected chi connectivity index (χ1v) is 7.72. The average Bonchev–Trinajstić information content (AvgIpc) is 2.92. The van der Waals surface area contributed by atoms with E-state index in [2.05, 4.69) is 11.9 Å². The molecule has 1 aliphatic rings. The number of ketones is 1. The number of ether oxygens (including phenoxy) is 1. The number of hydrogen-bond acceptors (Lipinski definition) is 2. The number of carbonyl (C=O) groups is 1. The molecule has 2 atom stereocenters. The van der Waals surface area contributed by atoms with Crippen molar-refractivity contribution in [3.05, 3.63) is 30.0 Å². The summed E-state index contributed by atoms with van der Waals surface area (Å²) in [6, 6.07) is 6.39. The number of quaternary nitrogens is 1. The number of aromatic amines is 1. The molecule has 1 aromatic carbocycles. The van der Waals surface area contributed by atoms with E-state index in [9.17, 15) is 4.79 Å². The first-order valence-electron chi connectivity index (χ1n) is 7.72. The summed E-state index contributed by atoms with van der Waals surface area (Å²) in [5.74, 6) is 1.01. The van der Waals surface area contributed by atoms with Crippen LogP contribution in [0.15, 0.2) is 24.4 Å². The molecule has 0 radical (unpaired) electrons. The maximum Gasteiger partial charge on any atom is 0.219 e. The summed E-state index contributed by atoms with van der Waals surface area (Å²) in [6.45, 7) is 3.95. The molecular weight excluding hydrogens is 264 g/mol. The van der Waals surface area contributed by atoms with Gasteiger partial charge >= 0.3 is 0 Å². The minimum absolute atomic E-state index is 0.221. The van der Waals surface area contributed by atoms with Crippen molar-refractivity contribution in [3.8, 4) is 5.75 Å². The molecule has 2 aromatic rings. The molecule has 1 saturated heterocycles. The van der Waals surface area contributed by atoms with Gasteiger partial charge in [-0.1, -0.05) is 0 Å². The second-order valence-electron chi connectivity index (χ2n) is 6.02. The molecule has 1 fully saturated rings. The van der Waals surface area contributed by atoms with E-state index in [1.165, 1.54) is 24.2 Å². The zero-order valence-corrected chi connectivity index (χ0v) is 12.7. The Kier molecular flexibility index (Phi) is 3.97. The van der Waals surface area contributed by atoms with Crippen LogP contribution in [0.2, 0.25) is 0 Å². The van der Waals surface area contributed by atoms with Gasteiger partial charge in [-0.25, -0.2) is 0 Å². The zero-order chi connectivity index (χ0) is 14.8. The number of fused-ring (bicyclic) bond motifs is 1. The van der Waals surface area contributed by atoms with Crippen molar-refractivity contribution in [3.63, 3.8) is 0 Å². The number of aromatic nitrogens is 1. The Labute approximate surface area is 125 Å². The third kappa shape index (κ3) is 2.81. The summed E-state index contributed by atoms with van der Waals surface area (Å²) in [7, 11) is 1.65. The van der Waals surface area contributed by atoms with Crippen molar-refractivity contribution >= 4 is 16.7 Å². The quantitative estimate of drug-likeness (QED) is 0.843. The van der Waals surface area contributed by atoms with Gasteiger partial charge in [0, 0.05) is 22.7 Å². The van der Waals surface area contributed by atoms with Crippen LogP contribution < -0.4 is 9.64 Å². The number of methoxy groups -OCH3 is 1. The summed E-state index contributed by atoms with van der Waals surface area (Å²) in [5, 5.41) is 0.961. The predicted octanol–water partition coefficient (Wildman–Crippen LogP) is 1.82. The lowest BCUT2D eigenvalue weighted by molar-refractivity contribution is -0.920. The van der Waals surface area contributed by atoms with Crippen LogP contribution in [-0.4, -0.2) is 37.0 Å². The molecule has 2 N–H and O–H groups in total. The zero-order valence-electron chi connectivity index (χ0n) is 12.7. The molecule has 21 heavy (non-hydrogen) atoms. The lowest BCUT2D eigenvalue weighted by atomic mass is 10.0. The van der Waals surface area contributed by atoms with Gasteiger partial charge < -0.3 is 14.6 Å². The molecule has 0 spiro atoms. The second-order valence-corrected chi connectivity index (χ2v) is 6.02. The highest BCUT2D eigenvalue weighted by Gasteiger charge is 2.25. The van der Waals surface area contributed by atoms with Crippen molar-refractivity contribution in [2.75, 3.05) is 20.2 Å². The highest BCUT2D eigenvalue weighted by molar-refractivity contribution is 6.08. The van der Waals surface area contributed by atoms with Crippen LogP contribution in [0.25, 0.3) is 10.9 Å². The smallest absolute Gasteiger partial charge is 0.219 e. The number of carbonyl (C=O) groups excluding carboxylic acids is 1. The Bertz CT molecular complexity index is 647. The van der Waals surface area contributed by atoms with Crippen LogP contribution in [0.4, 0.5) is 0 Å². The Hall–Kier alpha value is -1.81. The van der Waals surface area contributed by atoms with Crippen LogP contribution in [0, 0.1) is 0 Å². The lowest BCUT2D eigenvalue weighted by Crippen LogP contribution is -3.16. The molecule has 0 bridgehead atoms. The SMILES string of the molecule is COc1ccc2[nH]cc(C(=O)C[NH+]3CCCC[C@@H]3C)c2c1. The number of Topliss-reactive ketones (excluding diaryl/α,β-unsaturated/α-hetero) is 1. The summed E-state index contributed by atoms with van der Waals surface area (Å²) in [4.78, 5) is 17.3. The average molecular weight is 287 g/mol. The first kappa shape index (κ1) is 14.1. The van der Waals surface area contributed by atoms with Gasteiger partial charge in [0.2, 0.25) is 5.78 Å². The monoisotopic (exact) mass is 287 g/mol. The van der Waals surface area contributed by atoms with Gasteiger partial charge in [0.15, 0.2) is 0 Å². The fraction of sp³-hybridized carbons (Fsp3) is 0.471. The van der Waals surface area contributed by atoms with Crippen molar-refractivity contribution in [1.82, 2.24) is 4.98 Å². The van der Waals surface area contributed by atoms with E-state index in [4.69, 9.17) is 4.74 Å². The molecule has 4 nitrogen and oxygen atoms in total. The molecule has 1 aliphatic heterocycles. The highest BCUT2D eigenvalue weighted by atomic mass is 16.5. The van der Waals surface area contributed by atoms with Gasteiger partial charge in [-0.2, -0.15) is 0 Å². The number of hydrogen-bond donors (Lipinski definition) is 2. The maximum atomic E-state index is 12.7. The van der Waals surface area contributed by atoms with E-state index in [-0.39, 0.29) is 5.78 Å². The lowest BCUT2D eigenvalue weighted by Gasteiger charge is -2.29. The molecular formula is C17H23N2O2+. The largest absolute Gasteiger partial charge is 0.497 e. The molecule has 0 aliphatic carbocycles. The van der Waals surface area contributed by atoms with Crippen LogP contribution >= 0.6 is 0 Å². The Morgan fingerprint density at radius 1 is 1.43 bits per heavy atom. The number of H-pyrrole nitrogens is 1. The van der Waals surface area contributed by atoms with Gasteiger partial charge in [-0.05, 0) is 44.4 Å². The van der Waals surface area contributed by atoms with Gasteiger partial charge in [0.25, 0.3) is 0 Å². The standard InChI is InChI=1S/C17H22N2O2/c1-12-5-3-4-8-19(12)11-17(20)15-10-18-16-7-6-13(21-2)9-14(15)16/h6-7,9-10,12,18H,3-5,8,11H2,1-2H3/p+1/t12-/m0/s1. The number of rotatable bonds is 4. The summed E-state index contributed by atoms with van der Waals surface area (Å²) >= 11 is 0. The van der Waals surface area contributed by atoms with E-state index in [1.54, 1.807) is 7.11 Å². The van der Waals surface area contributed by atoms with E-state index in [0.29, 0.717) is 12.6 Å². The van der Waals surface area contributed by atoms with Crippen molar-refractivity contribution < 1.29 is 14.4 Å². The van der Waals surface area contributed by atoms with Gasteiger partial charge in [-0.15, -0.1) is 0 Å². The predicted molar refractivity (Wildman–Crippen MR) is 83.2 cm³/mol. The fourth-order valence-corrected chi connectivity index (χ4v) is 3.27. The molecule has 1 unspecified atom stereocenters. The van der Waals surface area contributed by atoms with Crippen LogP contribution in [0.3, 0.4) is 0 Å². The maximum absolute atomic E-state index is 12.7. The van der Waals surface area contributed by atoms with Crippen LogP contribution in [-0.2, 0) is 0 Å². The first-order chi connectivity index (χ1) is 10.2. The number of benzene rings is 1. The minimum atomic E-state index is 0.221. The molecule has 0 saturated carbocycles. The van der Waals surface area contributed by atoms with Crippen molar-refractivity contribution in [2.45, 2.75) is 32.2 Å². The minimum Gasteiger partial charge on any atom is -0.497 e. The number of likely N-dealkylation sites (tertiary alicyclic amines) is 1. The number of nitrogens with one attached hydrogen (secondary N) is 2. The van der Waals surface area contributed by atoms with E-state index in [1.807, 2.05) is 24.4 Å². The summed E-state index contributed by atoms with van der Waals surface area (Å²) < 4.78 is 5.26. The molecule has 3 rings (SSSR count). The fourth-order valence-electron chi connectivity index (χ4n) is 3.27. The van der Waals surface area contributed by atoms with E-state index < -0.39 is 0 Å². The topological polar surface area (TPSA) is 46.5 Å². The second kappa shape index (κ2) is 5.90. The normalized spacial score (nSPS) is 22.4. The van der Waals surface area contributed by atoms with Crippen molar-refractivity contribution in [1.29, 1.82) is 0 Å². The Balaban J connectivity index is 1.84. The van der Waals surface area contributed by atoms with E-state index in [0.717, 1.165) is 28.8 Å². The third-order valence-corrected chi connectivity index (χ3v) is 4.66. The summed E-state index contributed by atoms with van der Waals surface area (Å²) in [6.07, 6.45) is 5.59. The third-order valence-electron chi connectivity index (χ3n) is 4.66. The van der Waals surface area contributed by atoms with Crippen molar-refractivity contribution in [2.24, 2.45) is 0 Å². The Morgan fingerprint density at radius 2 is 2.29 bits per heavy atom. The van der Waals surface area contributed by atoms with Crippen LogP contribution in [0.1, 0.15) is 36.5 Å². The van der Waals surface area contributed by atoms with Crippen LogP contribution in [0.5, 0.6) is 5.75 Å². The molecule has 4 heteroatoms. The molecule has 2 heterocycles. The molecule has 112 valence electrons. The molecule has 0 amide bonds. The summed E-state index contributed by atoms with van der Waals surface area (Å²) in [5.41, 5.74) is 1.77. The van der Waals surface area contributed by atoms with Gasteiger partial charge in [0.1, 0.15) is 12.3 Å². The molecule has 1 aromatic heterocycles. The number of piperidine rings is 1. The highest BCUT2D eigenvalue weighted by Crippen LogP contribution is 2.23.